The third kappa shape index (κ3) is 2.57. The van der Waals surface area contributed by atoms with Crippen molar-refractivity contribution in [3.05, 3.63) is 48.0 Å². The Morgan fingerprint density at radius 1 is 1.19 bits per heavy atom. The Hall–Kier alpha value is -2.49. The lowest BCUT2D eigenvalue weighted by Gasteiger charge is -2.27. The number of carbonyl (C=O) groups excluding carboxylic acids is 1. The highest BCUT2D eigenvalue weighted by Gasteiger charge is 2.19. The number of nitrogens with two attached hydrogens (primary N) is 1. The number of anilines is 4. The molecule has 0 aliphatic carbocycles. The molecule has 0 saturated heterocycles. The van der Waals surface area contributed by atoms with Crippen LogP contribution < -0.4 is 16.0 Å². The quantitative estimate of drug-likeness (QED) is 0.849. The van der Waals surface area contributed by atoms with Crippen molar-refractivity contribution >= 4 is 28.7 Å². The Labute approximate surface area is 124 Å². The van der Waals surface area contributed by atoms with Crippen LogP contribution in [0.5, 0.6) is 0 Å². The van der Waals surface area contributed by atoms with Gasteiger partial charge >= 0.3 is 0 Å². The normalized spacial score (nSPS) is 13.5. The van der Waals surface area contributed by atoms with Gasteiger partial charge in [0.2, 0.25) is 5.91 Å². The summed E-state index contributed by atoms with van der Waals surface area (Å²) >= 11 is 0. The van der Waals surface area contributed by atoms with Crippen LogP contribution in [0.3, 0.4) is 0 Å². The van der Waals surface area contributed by atoms with Gasteiger partial charge in [-0.2, -0.15) is 0 Å². The molecule has 0 atom stereocenters. The van der Waals surface area contributed by atoms with Gasteiger partial charge in [0.15, 0.2) is 0 Å². The third-order valence-corrected chi connectivity index (χ3v) is 3.82. The Morgan fingerprint density at radius 3 is 2.67 bits per heavy atom. The van der Waals surface area contributed by atoms with Crippen LogP contribution in [-0.2, 0) is 11.2 Å². The second-order valence-corrected chi connectivity index (χ2v) is 5.20. The molecular weight excluding hydrogens is 262 g/mol. The minimum absolute atomic E-state index is 0.0602. The summed E-state index contributed by atoms with van der Waals surface area (Å²) < 4.78 is 0. The Morgan fingerprint density at radius 2 is 1.95 bits per heavy atom. The Bertz CT molecular complexity index is 667. The predicted octanol–water partition coefficient (Wildman–Crippen LogP) is 3.31. The minimum atomic E-state index is 0.0602. The van der Waals surface area contributed by atoms with Crippen LogP contribution >= 0.6 is 0 Å². The van der Waals surface area contributed by atoms with Gasteiger partial charge in [0, 0.05) is 24.3 Å². The fourth-order valence-electron chi connectivity index (χ4n) is 2.77. The van der Waals surface area contributed by atoms with Crippen LogP contribution in [0.1, 0.15) is 18.9 Å². The van der Waals surface area contributed by atoms with Crippen molar-refractivity contribution in [2.24, 2.45) is 0 Å². The highest BCUT2D eigenvalue weighted by molar-refractivity contribution is 5.96. The second kappa shape index (κ2) is 5.48. The standard InChI is InChI=1S/C17H19N3O/c1-2-20(13-6-4-3-5-7-13)16-10-12-8-9-17(21)19-15(12)11-14(16)18/h3-7,10-11H,2,8-9,18H2,1H3,(H,19,21). The molecule has 0 radical (unpaired) electrons. The lowest BCUT2D eigenvalue weighted by Crippen LogP contribution is -2.22. The molecule has 108 valence electrons. The van der Waals surface area contributed by atoms with Crippen LogP contribution in [0.25, 0.3) is 0 Å². The van der Waals surface area contributed by atoms with Gasteiger partial charge in [-0.15, -0.1) is 0 Å². The summed E-state index contributed by atoms with van der Waals surface area (Å²) in [5, 5.41) is 2.89. The number of hydrogen-bond acceptors (Lipinski definition) is 3. The molecule has 0 unspecified atom stereocenters. The van der Waals surface area contributed by atoms with Crippen LogP contribution in [0, 0.1) is 0 Å². The molecule has 1 amide bonds. The van der Waals surface area contributed by atoms with Crippen LogP contribution in [0.15, 0.2) is 42.5 Å². The van der Waals surface area contributed by atoms with Gasteiger partial charge in [-0.05, 0) is 43.2 Å². The number of benzene rings is 2. The molecule has 1 aliphatic rings. The average Bonchev–Trinajstić information content (AvgIpc) is 2.50. The summed E-state index contributed by atoms with van der Waals surface area (Å²) in [6, 6.07) is 14.2. The van der Waals surface area contributed by atoms with Crippen LogP contribution in [0.2, 0.25) is 0 Å². The van der Waals surface area contributed by atoms with E-state index in [0.29, 0.717) is 12.1 Å². The number of carbonyl (C=O) groups is 1. The molecule has 2 aromatic rings. The van der Waals surface area contributed by atoms with E-state index in [4.69, 9.17) is 5.73 Å². The summed E-state index contributed by atoms with van der Waals surface area (Å²) in [6.45, 7) is 2.94. The summed E-state index contributed by atoms with van der Waals surface area (Å²) in [7, 11) is 0. The molecule has 3 rings (SSSR count). The maximum Gasteiger partial charge on any atom is 0.224 e. The molecule has 0 saturated carbocycles. The third-order valence-electron chi connectivity index (χ3n) is 3.82. The number of fused-ring (bicyclic) bond motifs is 1. The number of para-hydroxylation sites is 1. The van der Waals surface area contributed by atoms with Gasteiger partial charge in [-0.3, -0.25) is 4.79 Å². The van der Waals surface area contributed by atoms with E-state index in [2.05, 4.69) is 35.3 Å². The van der Waals surface area contributed by atoms with E-state index in [0.717, 1.165) is 35.6 Å². The Kier molecular flexibility index (Phi) is 3.52. The first-order chi connectivity index (χ1) is 10.2. The van der Waals surface area contributed by atoms with E-state index in [1.54, 1.807) is 0 Å². The van der Waals surface area contributed by atoms with Gasteiger partial charge < -0.3 is 16.0 Å². The first kappa shape index (κ1) is 13.5. The molecule has 0 bridgehead atoms. The number of rotatable bonds is 3. The molecule has 0 aromatic heterocycles. The highest BCUT2D eigenvalue weighted by atomic mass is 16.1. The smallest absolute Gasteiger partial charge is 0.224 e. The molecule has 1 aliphatic heterocycles. The number of amides is 1. The predicted molar refractivity (Wildman–Crippen MR) is 86.9 cm³/mol. The fraction of sp³-hybridized carbons (Fsp3) is 0.235. The first-order valence-electron chi connectivity index (χ1n) is 7.24. The largest absolute Gasteiger partial charge is 0.397 e. The van der Waals surface area contributed by atoms with Crippen LogP contribution in [0.4, 0.5) is 22.7 Å². The van der Waals surface area contributed by atoms with E-state index in [-0.39, 0.29) is 5.91 Å². The molecule has 4 heteroatoms. The number of aryl methyl sites for hydroxylation is 1. The zero-order chi connectivity index (χ0) is 14.8. The van der Waals surface area contributed by atoms with Crippen molar-refractivity contribution in [2.45, 2.75) is 19.8 Å². The van der Waals surface area contributed by atoms with Gasteiger partial charge in [-0.1, -0.05) is 18.2 Å². The van der Waals surface area contributed by atoms with Gasteiger partial charge in [0.25, 0.3) is 0 Å². The maximum absolute atomic E-state index is 11.5. The number of nitrogens with one attached hydrogen (secondary N) is 1. The van der Waals surface area contributed by atoms with E-state index < -0.39 is 0 Å². The van der Waals surface area contributed by atoms with Gasteiger partial charge in [-0.25, -0.2) is 0 Å². The van der Waals surface area contributed by atoms with Gasteiger partial charge in [0.05, 0.1) is 11.4 Å². The van der Waals surface area contributed by atoms with E-state index in [1.165, 1.54) is 0 Å². The highest BCUT2D eigenvalue weighted by Crippen LogP contribution is 2.36. The van der Waals surface area contributed by atoms with Gasteiger partial charge in [0.1, 0.15) is 0 Å². The lowest BCUT2D eigenvalue weighted by molar-refractivity contribution is -0.116. The maximum atomic E-state index is 11.5. The Balaban J connectivity index is 2.03. The minimum Gasteiger partial charge on any atom is -0.397 e. The summed E-state index contributed by atoms with van der Waals surface area (Å²) in [6.07, 6.45) is 1.30. The molecule has 3 N–H and O–H groups in total. The van der Waals surface area contributed by atoms with Crippen molar-refractivity contribution in [3.63, 3.8) is 0 Å². The molecule has 4 nitrogen and oxygen atoms in total. The van der Waals surface area contributed by atoms with Crippen molar-refractivity contribution in [1.29, 1.82) is 0 Å². The second-order valence-electron chi connectivity index (χ2n) is 5.20. The first-order valence-corrected chi connectivity index (χ1v) is 7.24. The molecule has 0 spiro atoms. The molecule has 1 heterocycles. The zero-order valence-corrected chi connectivity index (χ0v) is 12.1. The van der Waals surface area contributed by atoms with Crippen LogP contribution in [-0.4, -0.2) is 12.5 Å². The van der Waals surface area contributed by atoms with E-state index in [1.807, 2.05) is 24.3 Å². The molecule has 2 aromatic carbocycles. The molecule has 0 fully saturated rings. The van der Waals surface area contributed by atoms with Crippen molar-refractivity contribution in [1.82, 2.24) is 0 Å². The number of nitrogens with zero attached hydrogens (tertiary/aromatic N) is 1. The summed E-state index contributed by atoms with van der Waals surface area (Å²) in [4.78, 5) is 13.7. The monoisotopic (exact) mass is 281 g/mol. The van der Waals surface area contributed by atoms with Crippen molar-refractivity contribution in [2.75, 3.05) is 22.5 Å². The summed E-state index contributed by atoms with van der Waals surface area (Å²) in [5.41, 5.74) is 11.0. The number of hydrogen-bond donors (Lipinski definition) is 2. The zero-order valence-electron chi connectivity index (χ0n) is 12.1. The average molecular weight is 281 g/mol. The molecular formula is C17H19N3O. The summed E-state index contributed by atoms with van der Waals surface area (Å²) in [5.74, 6) is 0.0602. The fourth-order valence-corrected chi connectivity index (χ4v) is 2.77. The SMILES string of the molecule is CCN(c1ccccc1)c1cc2c(cc1N)NC(=O)CC2. The van der Waals surface area contributed by atoms with E-state index >= 15 is 0 Å². The topological polar surface area (TPSA) is 58.4 Å². The number of nitrogen functional groups attached to an aromatic ring is 1. The lowest BCUT2D eigenvalue weighted by atomic mass is 10.0. The van der Waals surface area contributed by atoms with Crippen molar-refractivity contribution < 1.29 is 4.79 Å². The van der Waals surface area contributed by atoms with Crippen molar-refractivity contribution in [3.8, 4) is 0 Å². The molecule has 21 heavy (non-hydrogen) atoms. The van der Waals surface area contributed by atoms with E-state index in [9.17, 15) is 4.79 Å².